The van der Waals surface area contributed by atoms with Crippen molar-refractivity contribution in [2.75, 3.05) is 35.5 Å². The molecule has 0 bridgehead atoms. The quantitative estimate of drug-likeness (QED) is 0.686. The predicted molar refractivity (Wildman–Crippen MR) is 109 cm³/mol. The van der Waals surface area contributed by atoms with Gasteiger partial charge in [0.2, 0.25) is 23.8 Å². The third kappa shape index (κ3) is 3.78. The van der Waals surface area contributed by atoms with E-state index in [9.17, 15) is 4.79 Å². The fourth-order valence-corrected chi connectivity index (χ4v) is 3.12. The summed E-state index contributed by atoms with van der Waals surface area (Å²) in [6, 6.07) is 8.64. The molecule has 1 unspecified atom stereocenters. The summed E-state index contributed by atoms with van der Waals surface area (Å²) in [4.78, 5) is 12.3. The van der Waals surface area contributed by atoms with Gasteiger partial charge in [-0.3, -0.25) is 4.79 Å². The summed E-state index contributed by atoms with van der Waals surface area (Å²) in [6.45, 7) is 1.41. The molecule has 0 radical (unpaired) electrons. The number of benzene rings is 2. The van der Waals surface area contributed by atoms with Crippen LogP contribution < -0.4 is 23.7 Å². The Morgan fingerprint density at radius 2 is 1.53 bits per heavy atom. The van der Waals surface area contributed by atoms with Crippen LogP contribution in [0.25, 0.3) is 0 Å². The van der Waals surface area contributed by atoms with E-state index in [1.165, 1.54) is 33.3 Å². The van der Waals surface area contributed by atoms with E-state index in [2.05, 4.69) is 5.10 Å². The predicted octanol–water partition coefficient (Wildman–Crippen LogP) is 2.97. The minimum absolute atomic E-state index is 0.222. The van der Waals surface area contributed by atoms with Gasteiger partial charge in [0.1, 0.15) is 11.5 Å². The summed E-state index contributed by atoms with van der Waals surface area (Å²) in [6.07, 6.45) is -0.832. The van der Waals surface area contributed by atoms with Gasteiger partial charge < -0.3 is 28.4 Å². The molecule has 1 aliphatic rings. The Bertz CT molecular complexity index is 949. The maximum atomic E-state index is 12.3. The number of amides is 1. The van der Waals surface area contributed by atoms with Crippen molar-refractivity contribution in [3.63, 3.8) is 0 Å². The molecule has 1 aliphatic heterocycles. The van der Waals surface area contributed by atoms with Crippen LogP contribution >= 0.6 is 0 Å². The minimum atomic E-state index is -0.832. The zero-order chi connectivity index (χ0) is 21.8. The van der Waals surface area contributed by atoms with Crippen LogP contribution in [0.2, 0.25) is 0 Å². The number of carbonyl (C=O) groups excluding carboxylic acids is 1. The number of ether oxygens (including phenoxy) is 6. The van der Waals surface area contributed by atoms with Crippen LogP contribution in [0.15, 0.2) is 35.4 Å². The normalized spacial score (nSPS) is 15.2. The van der Waals surface area contributed by atoms with Gasteiger partial charge in [0, 0.05) is 12.5 Å². The summed E-state index contributed by atoms with van der Waals surface area (Å²) in [5.41, 5.74) is 1.15. The van der Waals surface area contributed by atoms with E-state index in [-0.39, 0.29) is 11.8 Å². The largest absolute Gasteiger partial charge is 0.497 e. The van der Waals surface area contributed by atoms with E-state index in [0.29, 0.717) is 39.9 Å². The fraction of sp³-hybridized carbons (Fsp3) is 0.333. The first kappa shape index (κ1) is 21.1. The van der Waals surface area contributed by atoms with Crippen LogP contribution in [0.5, 0.6) is 28.7 Å². The first-order chi connectivity index (χ1) is 14.5. The highest BCUT2D eigenvalue weighted by Gasteiger charge is 2.36. The molecule has 2 aromatic carbocycles. The van der Waals surface area contributed by atoms with E-state index in [1.807, 2.05) is 0 Å². The van der Waals surface area contributed by atoms with Crippen molar-refractivity contribution in [2.45, 2.75) is 13.2 Å². The maximum absolute atomic E-state index is 12.3. The van der Waals surface area contributed by atoms with Crippen molar-refractivity contribution in [3.8, 4) is 28.7 Å². The van der Waals surface area contributed by atoms with Gasteiger partial charge in [0.05, 0.1) is 41.1 Å². The first-order valence-electron chi connectivity index (χ1n) is 9.04. The topological polar surface area (TPSA) is 88.1 Å². The lowest BCUT2D eigenvalue weighted by Gasteiger charge is -2.22. The molecule has 9 heteroatoms. The molecule has 0 saturated carbocycles. The number of hydrazone groups is 1. The molecule has 0 saturated heterocycles. The average Bonchev–Trinajstić information content (AvgIpc) is 3.23. The van der Waals surface area contributed by atoms with E-state index >= 15 is 0 Å². The van der Waals surface area contributed by atoms with Gasteiger partial charge in [0.25, 0.3) is 0 Å². The Balaban J connectivity index is 2.06. The number of carbonyl (C=O) groups is 1. The number of rotatable bonds is 7. The molecule has 160 valence electrons. The van der Waals surface area contributed by atoms with Crippen LogP contribution in [-0.4, -0.2) is 52.4 Å². The molecule has 30 heavy (non-hydrogen) atoms. The molecule has 9 nitrogen and oxygen atoms in total. The van der Waals surface area contributed by atoms with Crippen LogP contribution in [0.1, 0.15) is 24.3 Å². The molecule has 3 rings (SSSR count). The second kappa shape index (κ2) is 8.81. The number of hydrogen-bond donors (Lipinski definition) is 0. The van der Waals surface area contributed by atoms with Crippen molar-refractivity contribution < 1.29 is 33.2 Å². The van der Waals surface area contributed by atoms with E-state index < -0.39 is 6.23 Å². The Labute approximate surface area is 174 Å². The summed E-state index contributed by atoms with van der Waals surface area (Å²) in [7, 11) is 7.65. The highest BCUT2D eigenvalue weighted by Crippen LogP contribution is 2.41. The maximum Gasteiger partial charge on any atom is 0.243 e. The minimum Gasteiger partial charge on any atom is -0.497 e. The van der Waals surface area contributed by atoms with Gasteiger partial charge in [0.15, 0.2) is 11.5 Å². The third-order valence-electron chi connectivity index (χ3n) is 4.58. The smallest absolute Gasteiger partial charge is 0.243 e. The molecule has 0 spiro atoms. The Morgan fingerprint density at radius 1 is 0.900 bits per heavy atom. The summed E-state index contributed by atoms with van der Waals surface area (Å²) in [5.74, 6) is 2.38. The molecule has 1 atom stereocenters. The number of nitrogens with zero attached hydrogens (tertiary/aromatic N) is 2. The van der Waals surface area contributed by atoms with Gasteiger partial charge >= 0.3 is 0 Å². The van der Waals surface area contributed by atoms with Gasteiger partial charge in [-0.05, 0) is 30.3 Å². The van der Waals surface area contributed by atoms with E-state index in [4.69, 9.17) is 28.4 Å². The van der Waals surface area contributed by atoms with Gasteiger partial charge in [-0.2, -0.15) is 5.01 Å². The molecule has 0 aromatic heterocycles. The highest BCUT2D eigenvalue weighted by molar-refractivity contribution is 5.97. The SMILES string of the molecule is COc1ccc(OC)c(C2OC(c3cc(OC)c(OC)c(OC)c3)=NN2C(C)=O)c1. The Hall–Kier alpha value is -3.62. The summed E-state index contributed by atoms with van der Waals surface area (Å²) in [5, 5.41) is 5.63. The third-order valence-corrected chi connectivity index (χ3v) is 4.58. The molecule has 0 aliphatic carbocycles. The van der Waals surface area contributed by atoms with Crippen molar-refractivity contribution in [1.82, 2.24) is 5.01 Å². The van der Waals surface area contributed by atoms with Crippen LogP contribution in [0.4, 0.5) is 0 Å². The van der Waals surface area contributed by atoms with Crippen molar-refractivity contribution >= 4 is 11.8 Å². The van der Waals surface area contributed by atoms with Crippen LogP contribution in [0.3, 0.4) is 0 Å². The second-order valence-electron chi connectivity index (χ2n) is 6.26. The highest BCUT2D eigenvalue weighted by atomic mass is 16.5. The van der Waals surface area contributed by atoms with E-state index in [0.717, 1.165) is 0 Å². The number of methoxy groups -OCH3 is 5. The van der Waals surface area contributed by atoms with Gasteiger partial charge in [-0.25, -0.2) is 0 Å². The molecule has 2 aromatic rings. The standard InChI is InChI=1S/C21H24N2O7/c1-12(24)23-21(15-11-14(25-2)7-8-16(15)26-3)30-20(22-23)13-9-17(27-4)19(29-6)18(10-13)28-5/h7-11,21H,1-6H3. The second-order valence-corrected chi connectivity index (χ2v) is 6.26. The lowest BCUT2D eigenvalue weighted by atomic mass is 10.1. The van der Waals surface area contributed by atoms with Gasteiger partial charge in [-0.15, -0.1) is 5.10 Å². The van der Waals surface area contributed by atoms with Gasteiger partial charge in [-0.1, -0.05) is 0 Å². The average molecular weight is 416 g/mol. The van der Waals surface area contributed by atoms with E-state index in [1.54, 1.807) is 44.6 Å². The Morgan fingerprint density at radius 3 is 2.03 bits per heavy atom. The monoisotopic (exact) mass is 416 g/mol. The molecular weight excluding hydrogens is 392 g/mol. The molecule has 1 amide bonds. The molecule has 1 heterocycles. The first-order valence-corrected chi connectivity index (χ1v) is 9.04. The molecule has 0 N–H and O–H groups in total. The van der Waals surface area contributed by atoms with Crippen molar-refractivity contribution in [2.24, 2.45) is 5.10 Å². The zero-order valence-electron chi connectivity index (χ0n) is 17.7. The summed E-state index contributed by atoms with van der Waals surface area (Å²) < 4.78 is 33.0. The van der Waals surface area contributed by atoms with Crippen LogP contribution in [-0.2, 0) is 9.53 Å². The van der Waals surface area contributed by atoms with Crippen LogP contribution in [0, 0.1) is 0 Å². The summed E-state index contributed by atoms with van der Waals surface area (Å²) >= 11 is 0. The number of hydrogen-bond acceptors (Lipinski definition) is 8. The lowest BCUT2D eigenvalue weighted by molar-refractivity contribution is -0.135. The Kier molecular flexibility index (Phi) is 6.20. The zero-order valence-corrected chi connectivity index (χ0v) is 17.7. The molecule has 0 fully saturated rings. The lowest BCUT2D eigenvalue weighted by Crippen LogP contribution is -2.25. The van der Waals surface area contributed by atoms with Crippen molar-refractivity contribution in [1.29, 1.82) is 0 Å². The van der Waals surface area contributed by atoms with Crippen molar-refractivity contribution in [3.05, 3.63) is 41.5 Å². The fourth-order valence-electron chi connectivity index (χ4n) is 3.12. The molecular formula is C21H24N2O7.